The van der Waals surface area contributed by atoms with Crippen LogP contribution in [0.25, 0.3) is 0 Å². The maximum absolute atomic E-state index is 9.57. The van der Waals surface area contributed by atoms with Crippen molar-refractivity contribution >= 4 is 17.4 Å². The van der Waals surface area contributed by atoms with Crippen LogP contribution in [0.15, 0.2) is 6.33 Å². The average molecular weight is 256 g/mol. The zero-order chi connectivity index (χ0) is 12.4. The molecule has 1 aromatic heterocycles. The number of aliphatic hydroxyl groups excluding tert-OH is 1. The van der Waals surface area contributed by atoms with Gasteiger partial charge in [-0.15, -0.1) is 0 Å². The summed E-state index contributed by atoms with van der Waals surface area (Å²) in [7, 11) is 0. The molecule has 0 spiro atoms. The van der Waals surface area contributed by atoms with Crippen LogP contribution in [0, 0.1) is 12.8 Å². The van der Waals surface area contributed by atoms with E-state index in [-0.39, 0.29) is 6.10 Å². The fourth-order valence-electron chi connectivity index (χ4n) is 2.33. The predicted molar refractivity (Wildman–Crippen MR) is 68.4 cm³/mol. The number of aliphatic hydroxyl groups is 1. The van der Waals surface area contributed by atoms with Gasteiger partial charge >= 0.3 is 0 Å². The van der Waals surface area contributed by atoms with E-state index in [1.54, 1.807) is 0 Å². The summed E-state index contributed by atoms with van der Waals surface area (Å²) in [6.45, 7) is 5.65. The predicted octanol–water partition coefficient (Wildman–Crippen LogP) is 2.04. The number of hydrogen-bond acceptors (Lipinski definition) is 4. The van der Waals surface area contributed by atoms with Crippen LogP contribution >= 0.6 is 11.6 Å². The summed E-state index contributed by atoms with van der Waals surface area (Å²) in [5.74, 6) is 1.33. The lowest BCUT2D eigenvalue weighted by Gasteiger charge is -2.34. The number of hydrogen-bond donors (Lipinski definition) is 1. The van der Waals surface area contributed by atoms with Crippen LogP contribution in [-0.2, 0) is 0 Å². The van der Waals surface area contributed by atoms with E-state index in [0.29, 0.717) is 11.1 Å². The molecule has 0 radical (unpaired) electrons. The van der Waals surface area contributed by atoms with Crippen molar-refractivity contribution in [1.82, 2.24) is 9.97 Å². The van der Waals surface area contributed by atoms with Crippen molar-refractivity contribution in [3.05, 3.63) is 17.0 Å². The monoisotopic (exact) mass is 255 g/mol. The molecular formula is C12H18ClN3O. The van der Waals surface area contributed by atoms with Gasteiger partial charge in [-0.1, -0.05) is 11.6 Å². The number of aromatic nitrogens is 2. The van der Waals surface area contributed by atoms with Gasteiger partial charge < -0.3 is 10.0 Å². The fourth-order valence-corrected chi connectivity index (χ4v) is 2.46. The molecule has 94 valence electrons. The van der Waals surface area contributed by atoms with E-state index in [0.717, 1.165) is 37.3 Å². The Hall–Kier alpha value is -0.870. The molecule has 1 N–H and O–H groups in total. The van der Waals surface area contributed by atoms with Gasteiger partial charge in [-0.25, -0.2) is 9.97 Å². The largest absolute Gasteiger partial charge is 0.393 e. The highest BCUT2D eigenvalue weighted by atomic mass is 35.5. The van der Waals surface area contributed by atoms with E-state index in [2.05, 4.69) is 14.9 Å². The third-order valence-corrected chi connectivity index (χ3v) is 3.90. The molecule has 1 aliphatic heterocycles. The smallest absolute Gasteiger partial charge is 0.137 e. The maximum Gasteiger partial charge on any atom is 0.137 e. The van der Waals surface area contributed by atoms with Gasteiger partial charge in [-0.2, -0.15) is 0 Å². The molecule has 0 bridgehead atoms. The van der Waals surface area contributed by atoms with Crippen LogP contribution in [0.4, 0.5) is 5.82 Å². The van der Waals surface area contributed by atoms with Crippen LogP contribution in [0.3, 0.4) is 0 Å². The van der Waals surface area contributed by atoms with Gasteiger partial charge in [0.15, 0.2) is 0 Å². The maximum atomic E-state index is 9.57. The fraction of sp³-hybridized carbons (Fsp3) is 0.667. The second-order valence-corrected chi connectivity index (χ2v) is 5.04. The molecule has 0 saturated carbocycles. The Balaban J connectivity index is 2.08. The summed E-state index contributed by atoms with van der Waals surface area (Å²) < 4.78 is 0. The summed E-state index contributed by atoms with van der Waals surface area (Å²) in [5, 5.41) is 10.1. The molecular weight excluding hydrogens is 238 g/mol. The molecule has 1 atom stereocenters. The van der Waals surface area contributed by atoms with Gasteiger partial charge in [0.05, 0.1) is 6.10 Å². The van der Waals surface area contributed by atoms with Gasteiger partial charge in [0.2, 0.25) is 0 Å². The minimum Gasteiger partial charge on any atom is -0.393 e. The molecule has 1 unspecified atom stereocenters. The van der Waals surface area contributed by atoms with Crippen molar-refractivity contribution in [2.75, 3.05) is 18.0 Å². The Kier molecular flexibility index (Phi) is 3.84. The summed E-state index contributed by atoms with van der Waals surface area (Å²) in [5.41, 5.74) is 0.935. The third kappa shape index (κ3) is 2.69. The molecule has 2 heterocycles. The van der Waals surface area contributed by atoms with Crippen LogP contribution in [-0.4, -0.2) is 34.3 Å². The van der Waals surface area contributed by atoms with Crippen molar-refractivity contribution in [2.45, 2.75) is 32.8 Å². The number of anilines is 1. The molecule has 0 aliphatic carbocycles. The van der Waals surface area contributed by atoms with E-state index in [1.807, 2.05) is 13.8 Å². The number of nitrogens with zero attached hydrogens (tertiary/aromatic N) is 3. The zero-order valence-corrected chi connectivity index (χ0v) is 11.0. The Morgan fingerprint density at radius 2 is 2.06 bits per heavy atom. The van der Waals surface area contributed by atoms with E-state index in [4.69, 9.17) is 11.6 Å². The first-order valence-corrected chi connectivity index (χ1v) is 6.37. The number of piperidine rings is 1. The van der Waals surface area contributed by atoms with Crippen LogP contribution < -0.4 is 4.90 Å². The SMILES string of the molecule is Cc1c(Cl)ncnc1N1CCC(C(C)O)CC1. The van der Waals surface area contributed by atoms with Gasteiger partial charge in [-0.05, 0) is 32.6 Å². The van der Waals surface area contributed by atoms with Crippen LogP contribution in [0.5, 0.6) is 0 Å². The first-order chi connectivity index (χ1) is 8.09. The molecule has 2 rings (SSSR count). The molecule has 1 fully saturated rings. The van der Waals surface area contributed by atoms with Crippen molar-refractivity contribution in [3.63, 3.8) is 0 Å². The number of halogens is 1. The summed E-state index contributed by atoms with van der Waals surface area (Å²) >= 11 is 5.99. The highest BCUT2D eigenvalue weighted by Crippen LogP contribution is 2.27. The van der Waals surface area contributed by atoms with E-state index in [9.17, 15) is 5.11 Å². The first kappa shape index (κ1) is 12.6. The Bertz CT molecular complexity index is 389. The topological polar surface area (TPSA) is 49.2 Å². The van der Waals surface area contributed by atoms with Crippen molar-refractivity contribution < 1.29 is 5.11 Å². The van der Waals surface area contributed by atoms with Gasteiger partial charge in [-0.3, -0.25) is 0 Å². The van der Waals surface area contributed by atoms with Crippen molar-refractivity contribution in [2.24, 2.45) is 5.92 Å². The molecule has 5 heteroatoms. The van der Waals surface area contributed by atoms with Crippen LogP contribution in [0.1, 0.15) is 25.3 Å². The summed E-state index contributed by atoms with van der Waals surface area (Å²) in [6, 6.07) is 0. The lowest BCUT2D eigenvalue weighted by Crippen LogP contribution is -2.37. The molecule has 1 saturated heterocycles. The summed E-state index contributed by atoms with van der Waals surface area (Å²) in [6.07, 6.45) is 3.29. The zero-order valence-electron chi connectivity index (χ0n) is 10.2. The van der Waals surface area contributed by atoms with Crippen molar-refractivity contribution in [3.8, 4) is 0 Å². The first-order valence-electron chi connectivity index (χ1n) is 5.99. The van der Waals surface area contributed by atoms with E-state index in [1.165, 1.54) is 6.33 Å². The molecule has 4 nitrogen and oxygen atoms in total. The average Bonchev–Trinajstić information content (AvgIpc) is 2.33. The van der Waals surface area contributed by atoms with Gasteiger partial charge in [0, 0.05) is 18.7 Å². The minimum atomic E-state index is -0.216. The molecule has 1 aromatic rings. The van der Waals surface area contributed by atoms with Crippen molar-refractivity contribution in [1.29, 1.82) is 0 Å². The van der Waals surface area contributed by atoms with Crippen LogP contribution in [0.2, 0.25) is 5.15 Å². The lowest BCUT2D eigenvalue weighted by molar-refractivity contribution is 0.109. The highest BCUT2D eigenvalue weighted by Gasteiger charge is 2.24. The van der Waals surface area contributed by atoms with E-state index < -0.39 is 0 Å². The third-order valence-electron chi connectivity index (χ3n) is 3.52. The second-order valence-electron chi connectivity index (χ2n) is 4.68. The molecule has 1 aliphatic rings. The van der Waals surface area contributed by atoms with Gasteiger partial charge in [0.1, 0.15) is 17.3 Å². The molecule has 0 aromatic carbocycles. The quantitative estimate of drug-likeness (QED) is 0.822. The Morgan fingerprint density at radius 3 is 2.65 bits per heavy atom. The van der Waals surface area contributed by atoms with E-state index >= 15 is 0 Å². The normalized spacial score (nSPS) is 19.4. The van der Waals surface area contributed by atoms with Gasteiger partial charge in [0.25, 0.3) is 0 Å². The molecule has 17 heavy (non-hydrogen) atoms. The lowest BCUT2D eigenvalue weighted by atomic mass is 9.92. The Morgan fingerprint density at radius 1 is 1.41 bits per heavy atom. The standard InChI is InChI=1S/C12H18ClN3O/c1-8-11(13)14-7-15-12(8)16-5-3-10(4-6-16)9(2)17/h7,9-10,17H,3-6H2,1-2H3. The highest BCUT2D eigenvalue weighted by molar-refractivity contribution is 6.30. The summed E-state index contributed by atoms with van der Waals surface area (Å²) in [4.78, 5) is 10.5. The number of rotatable bonds is 2. The second kappa shape index (κ2) is 5.19. The molecule has 0 amide bonds. The Labute approximate surface area is 107 Å². The minimum absolute atomic E-state index is 0.216.